The molecule has 0 atom stereocenters. The van der Waals surface area contributed by atoms with E-state index in [9.17, 15) is 0 Å². The molecule has 1 aliphatic rings. The Balaban J connectivity index is 1.19. The topological polar surface area (TPSA) is 50.3 Å². The van der Waals surface area contributed by atoms with Gasteiger partial charge in [-0.15, -0.1) is 10.2 Å². The number of nitrogens with zero attached hydrogens (tertiary/aromatic N) is 3. The Bertz CT molecular complexity index is 913. The van der Waals surface area contributed by atoms with Crippen LogP contribution in [0.5, 0.6) is 5.75 Å². The first-order valence-corrected chi connectivity index (χ1v) is 10.7. The number of likely N-dealkylation sites (tertiary alicyclic amines) is 1. The van der Waals surface area contributed by atoms with Gasteiger partial charge in [0.2, 0.25) is 0 Å². The molecule has 1 aliphatic heterocycles. The van der Waals surface area contributed by atoms with Crippen LogP contribution in [-0.4, -0.2) is 47.4 Å². The zero-order chi connectivity index (χ0) is 19.9. The second-order valence-electron chi connectivity index (χ2n) is 7.51. The molecular formula is C23H27ClN4O. The number of rotatable bonds is 8. The van der Waals surface area contributed by atoms with E-state index in [4.69, 9.17) is 16.3 Å². The summed E-state index contributed by atoms with van der Waals surface area (Å²) < 4.78 is 5.77. The maximum absolute atomic E-state index is 6.18. The van der Waals surface area contributed by atoms with E-state index in [0.29, 0.717) is 11.2 Å². The summed E-state index contributed by atoms with van der Waals surface area (Å²) in [4.78, 5) is 2.55. The SMILES string of the molecule is Clc1nnc(NC2CCN(CCCCOc3ccccc3)CC2)c2ccccc12. The molecule has 1 aromatic heterocycles. The van der Waals surface area contributed by atoms with Crippen LogP contribution >= 0.6 is 11.6 Å². The molecule has 2 heterocycles. The van der Waals surface area contributed by atoms with Gasteiger partial charge in [0.15, 0.2) is 11.0 Å². The first-order valence-electron chi connectivity index (χ1n) is 10.4. The lowest BCUT2D eigenvalue weighted by Crippen LogP contribution is -2.39. The predicted molar refractivity (Wildman–Crippen MR) is 119 cm³/mol. The Labute approximate surface area is 177 Å². The summed E-state index contributed by atoms with van der Waals surface area (Å²) in [5.74, 6) is 1.79. The first-order chi connectivity index (χ1) is 14.3. The number of para-hydroxylation sites is 1. The van der Waals surface area contributed by atoms with E-state index in [0.717, 1.165) is 74.3 Å². The molecule has 3 aromatic rings. The summed E-state index contributed by atoms with van der Waals surface area (Å²) in [6, 6.07) is 18.5. The lowest BCUT2D eigenvalue weighted by atomic mass is 10.0. The molecule has 0 amide bonds. The Kier molecular flexibility index (Phi) is 6.80. The number of benzene rings is 2. The minimum atomic E-state index is 0.423. The third-order valence-electron chi connectivity index (χ3n) is 5.45. The number of halogens is 1. The van der Waals surface area contributed by atoms with Gasteiger partial charge in [0.1, 0.15) is 5.75 Å². The Morgan fingerprint density at radius 3 is 2.45 bits per heavy atom. The number of hydrogen-bond acceptors (Lipinski definition) is 5. The minimum Gasteiger partial charge on any atom is -0.494 e. The average molecular weight is 411 g/mol. The van der Waals surface area contributed by atoms with Crippen LogP contribution in [0.1, 0.15) is 25.7 Å². The molecule has 4 rings (SSSR count). The van der Waals surface area contributed by atoms with Gasteiger partial charge < -0.3 is 15.0 Å². The molecule has 1 N–H and O–H groups in total. The number of hydrogen-bond donors (Lipinski definition) is 1. The molecule has 5 nitrogen and oxygen atoms in total. The molecule has 0 spiro atoms. The van der Waals surface area contributed by atoms with Gasteiger partial charge in [-0.2, -0.15) is 0 Å². The van der Waals surface area contributed by atoms with Gasteiger partial charge in [-0.1, -0.05) is 54.1 Å². The number of nitrogens with one attached hydrogen (secondary N) is 1. The summed E-state index contributed by atoms with van der Waals surface area (Å²) in [7, 11) is 0. The molecule has 0 aliphatic carbocycles. The van der Waals surface area contributed by atoms with Gasteiger partial charge in [0, 0.05) is 29.9 Å². The normalized spacial score (nSPS) is 15.5. The van der Waals surface area contributed by atoms with Crippen LogP contribution in [0.3, 0.4) is 0 Å². The van der Waals surface area contributed by atoms with Crippen LogP contribution in [0, 0.1) is 0 Å². The Hall–Kier alpha value is -2.37. The number of fused-ring (bicyclic) bond motifs is 1. The summed E-state index contributed by atoms with van der Waals surface area (Å²) in [6.07, 6.45) is 4.47. The molecule has 6 heteroatoms. The van der Waals surface area contributed by atoms with E-state index in [2.05, 4.69) is 20.4 Å². The van der Waals surface area contributed by atoms with Gasteiger partial charge in [-0.25, -0.2) is 0 Å². The van der Waals surface area contributed by atoms with Crippen LogP contribution in [0.15, 0.2) is 54.6 Å². The van der Waals surface area contributed by atoms with Crippen molar-refractivity contribution in [1.29, 1.82) is 0 Å². The number of piperidine rings is 1. The molecule has 2 aromatic carbocycles. The Morgan fingerprint density at radius 2 is 1.66 bits per heavy atom. The maximum atomic E-state index is 6.18. The lowest BCUT2D eigenvalue weighted by molar-refractivity contribution is 0.208. The third kappa shape index (κ3) is 5.37. The quantitative estimate of drug-likeness (QED) is 0.528. The summed E-state index contributed by atoms with van der Waals surface area (Å²) >= 11 is 6.18. The monoisotopic (exact) mass is 410 g/mol. The smallest absolute Gasteiger partial charge is 0.159 e. The van der Waals surface area contributed by atoms with Crippen LogP contribution in [0.2, 0.25) is 5.15 Å². The molecule has 1 saturated heterocycles. The fourth-order valence-corrected chi connectivity index (χ4v) is 4.02. The number of ether oxygens (including phenoxy) is 1. The van der Waals surface area contributed by atoms with Gasteiger partial charge >= 0.3 is 0 Å². The van der Waals surface area contributed by atoms with Crippen molar-refractivity contribution in [1.82, 2.24) is 15.1 Å². The van der Waals surface area contributed by atoms with E-state index in [-0.39, 0.29) is 0 Å². The highest BCUT2D eigenvalue weighted by Crippen LogP contribution is 2.27. The number of unbranched alkanes of at least 4 members (excludes halogenated alkanes) is 1. The van der Waals surface area contributed by atoms with Crippen molar-refractivity contribution in [3.8, 4) is 5.75 Å². The molecule has 152 valence electrons. The molecule has 0 saturated carbocycles. The van der Waals surface area contributed by atoms with Gasteiger partial charge in [-0.05, 0) is 44.4 Å². The third-order valence-corrected chi connectivity index (χ3v) is 5.73. The summed E-state index contributed by atoms with van der Waals surface area (Å²) in [5.41, 5.74) is 0. The van der Waals surface area contributed by atoms with Crippen molar-refractivity contribution in [3.05, 3.63) is 59.8 Å². The van der Waals surface area contributed by atoms with Crippen LogP contribution in [0.4, 0.5) is 5.82 Å². The fraction of sp³-hybridized carbons (Fsp3) is 0.391. The molecule has 0 bridgehead atoms. The molecular weight excluding hydrogens is 384 g/mol. The van der Waals surface area contributed by atoms with Gasteiger partial charge in [0.25, 0.3) is 0 Å². The van der Waals surface area contributed by atoms with Crippen LogP contribution in [0.25, 0.3) is 10.8 Å². The Morgan fingerprint density at radius 1 is 0.931 bits per heavy atom. The van der Waals surface area contributed by atoms with Gasteiger partial charge in [-0.3, -0.25) is 0 Å². The maximum Gasteiger partial charge on any atom is 0.159 e. The highest BCUT2D eigenvalue weighted by molar-refractivity contribution is 6.34. The molecule has 1 fully saturated rings. The van der Waals surface area contributed by atoms with Crippen LogP contribution < -0.4 is 10.1 Å². The van der Waals surface area contributed by atoms with Crippen molar-refractivity contribution >= 4 is 28.2 Å². The largest absolute Gasteiger partial charge is 0.494 e. The van der Waals surface area contributed by atoms with E-state index >= 15 is 0 Å². The van der Waals surface area contributed by atoms with Crippen molar-refractivity contribution < 1.29 is 4.74 Å². The average Bonchev–Trinajstić information content (AvgIpc) is 2.77. The molecule has 29 heavy (non-hydrogen) atoms. The first kappa shape index (κ1) is 19.9. The summed E-state index contributed by atoms with van der Waals surface area (Å²) in [6.45, 7) is 4.13. The molecule has 0 unspecified atom stereocenters. The second-order valence-corrected chi connectivity index (χ2v) is 7.87. The second kappa shape index (κ2) is 9.90. The van der Waals surface area contributed by atoms with Crippen LogP contribution in [-0.2, 0) is 0 Å². The van der Waals surface area contributed by atoms with E-state index < -0.39 is 0 Å². The number of aromatic nitrogens is 2. The van der Waals surface area contributed by atoms with Crippen molar-refractivity contribution in [2.45, 2.75) is 31.7 Å². The zero-order valence-corrected chi connectivity index (χ0v) is 17.3. The van der Waals surface area contributed by atoms with Gasteiger partial charge in [0.05, 0.1) is 6.61 Å². The highest BCUT2D eigenvalue weighted by Gasteiger charge is 2.20. The molecule has 0 radical (unpaired) electrons. The number of anilines is 1. The fourth-order valence-electron chi connectivity index (χ4n) is 3.82. The zero-order valence-electron chi connectivity index (χ0n) is 16.6. The van der Waals surface area contributed by atoms with Crippen molar-refractivity contribution in [2.75, 3.05) is 31.6 Å². The van der Waals surface area contributed by atoms with E-state index in [1.165, 1.54) is 0 Å². The highest BCUT2D eigenvalue weighted by atomic mass is 35.5. The van der Waals surface area contributed by atoms with E-state index in [1.807, 2.05) is 54.6 Å². The standard InChI is InChI=1S/C23H27ClN4O/c24-22-20-10-4-5-11-21(20)23(27-26-22)25-18-12-15-28(16-13-18)14-6-7-17-29-19-8-2-1-3-9-19/h1-5,8-11,18H,6-7,12-17H2,(H,25,27). The van der Waals surface area contributed by atoms with Crippen molar-refractivity contribution in [3.63, 3.8) is 0 Å². The predicted octanol–water partition coefficient (Wildman–Crippen LogP) is 5.02. The van der Waals surface area contributed by atoms with Crippen molar-refractivity contribution in [2.24, 2.45) is 0 Å². The van der Waals surface area contributed by atoms with E-state index in [1.54, 1.807) is 0 Å². The lowest BCUT2D eigenvalue weighted by Gasteiger charge is -2.32. The summed E-state index contributed by atoms with van der Waals surface area (Å²) in [5, 5.41) is 14.4. The minimum absolute atomic E-state index is 0.423.